The van der Waals surface area contributed by atoms with Crippen LogP contribution in [0.15, 0.2) is 48.5 Å². The maximum absolute atomic E-state index is 8.91. The monoisotopic (exact) mass is 230 g/mol. The molecule has 0 spiro atoms. The first-order valence-corrected chi connectivity index (χ1v) is 5.39. The highest BCUT2D eigenvalue weighted by molar-refractivity contribution is 5.34. The van der Waals surface area contributed by atoms with Crippen molar-refractivity contribution in [2.45, 2.75) is 13.2 Å². The van der Waals surface area contributed by atoms with Gasteiger partial charge in [-0.25, -0.2) is 0 Å². The van der Waals surface area contributed by atoms with Crippen molar-refractivity contribution in [2.24, 2.45) is 0 Å². The van der Waals surface area contributed by atoms with Gasteiger partial charge < -0.3 is 14.9 Å². The number of benzene rings is 2. The summed E-state index contributed by atoms with van der Waals surface area (Å²) in [6.07, 6.45) is 0. The number of aliphatic hydroxyl groups is 2. The first-order chi connectivity index (χ1) is 8.31. The molecule has 2 N–H and O–H groups in total. The second-order valence-corrected chi connectivity index (χ2v) is 3.71. The molecule has 0 aliphatic carbocycles. The summed E-state index contributed by atoms with van der Waals surface area (Å²) in [7, 11) is 0. The van der Waals surface area contributed by atoms with Crippen LogP contribution in [0.2, 0.25) is 0 Å². The van der Waals surface area contributed by atoms with Crippen molar-refractivity contribution in [3.8, 4) is 11.5 Å². The van der Waals surface area contributed by atoms with E-state index < -0.39 is 0 Å². The molecule has 0 saturated carbocycles. The molecule has 3 heteroatoms. The molecule has 17 heavy (non-hydrogen) atoms. The lowest BCUT2D eigenvalue weighted by molar-refractivity contribution is 0.281. The van der Waals surface area contributed by atoms with E-state index in [1.165, 1.54) is 0 Å². The van der Waals surface area contributed by atoms with Gasteiger partial charge in [0.05, 0.1) is 13.2 Å². The minimum absolute atomic E-state index is 0.0332. The molecule has 0 aliphatic heterocycles. The molecule has 0 fully saturated rings. The molecule has 0 aromatic heterocycles. The molecular formula is C14H14O3. The molecule has 0 unspecified atom stereocenters. The molecular weight excluding hydrogens is 216 g/mol. The summed E-state index contributed by atoms with van der Waals surface area (Å²) in [6.45, 7) is 0.0664. The van der Waals surface area contributed by atoms with Gasteiger partial charge in [0, 0.05) is 0 Å². The largest absolute Gasteiger partial charge is 0.457 e. The Bertz CT molecular complexity index is 414. The van der Waals surface area contributed by atoms with Crippen LogP contribution >= 0.6 is 0 Å². The predicted octanol–water partition coefficient (Wildman–Crippen LogP) is 2.46. The van der Waals surface area contributed by atoms with Crippen molar-refractivity contribution in [2.75, 3.05) is 0 Å². The summed E-state index contributed by atoms with van der Waals surface area (Å²) < 4.78 is 5.61. The molecule has 2 aromatic carbocycles. The molecule has 2 rings (SSSR count). The second-order valence-electron chi connectivity index (χ2n) is 3.71. The Kier molecular flexibility index (Phi) is 3.75. The van der Waals surface area contributed by atoms with E-state index in [1.807, 2.05) is 48.5 Å². The Morgan fingerprint density at radius 1 is 0.647 bits per heavy atom. The van der Waals surface area contributed by atoms with E-state index in [-0.39, 0.29) is 13.2 Å². The molecule has 0 atom stereocenters. The summed E-state index contributed by atoms with van der Waals surface area (Å²) in [5.41, 5.74) is 1.71. The normalized spacial score (nSPS) is 10.2. The number of hydrogen-bond donors (Lipinski definition) is 2. The summed E-state index contributed by atoms with van der Waals surface area (Å²) in [5, 5.41) is 17.8. The molecule has 2 aromatic rings. The minimum Gasteiger partial charge on any atom is -0.457 e. The zero-order chi connectivity index (χ0) is 12.1. The number of hydrogen-bond acceptors (Lipinski definition) is 3. The molecule has 3 nitrogen and oxygen atoms in total. The molecule has 0 saturated heterocycles. The zero-order valence-corrected chi connectivity index (χ0v) is 9.34. The van der Waals surface area contributed by atoms with Gasteiger partial charge in [-0.05, 0) is 35.4 Å². The quantitative estimate of drug-likeness (QED) is 0.848. The highest BCUT2D eigenvalue weighted by atomic mass is 16.5. The van der Waals surface area contributed by atoms with Crippen molar-refractivity contribution in [3.63, 3.8) is 0 Å². The highest BCUT2D eigenvalue weighted by Crippen LogP contribution is 2.22. The Morgan fingerprint density at radius 3 is 1.29 bits per heavy atom. The molecule has 88 valence electrons. The lowest BCUT2D eigenvalue weighted by Gasteiger charge is -2.06. The van der Waals surface area contributed by atoms with E-state index >= 15 is 0 Å². The molecule has 0 aliphatic rings. The van der Waals surface area contributed by atoms with Crippen LogP contribution < -0.4 is 4.74 Å². The first kappa shape index (κ1) is 11.6. The molecule has 0 heterocycles. The SMILES string of the molecule is OCc1ccc(Oc2ccc(CO)cc2)cc1. The van der Waals surface area contributed by atoms with E-state index in [9.17, 15) is 0 Å². The molecule has 0 amide bonds. The average Bonchev–Trinajstić information content (AvgIpc) is 2.40. The van der Waals surface area contributed by atoms with Gasteiger partial charge in [0.1, 0.15) is 11.5 Å². The van der Waals surface area contributed by atoms with Crippen LogP contribution in [0.3, 0.4) is 0 Å². The fourth-order valence-corrected chi connectivity index (χ4v) is 1.46. The first-order valence-electron chi connectivity index (χ1n) is 5.39. The third kappa shape index (κ3) is 3.06. The van der Waals surface area contributed by atoms with Gasteiger partial charge in [-0.3, -0.25) is 0 Å². The van der Waals surface area contributed by atoms with Crippen molar-refractivity contribution in [1.82, 2.24) is 0 Å². The van der Waals surface area contributed by atoms with Crippen molar-refractivity contribution in [1.29, 1.82) is 0 Å². The van der Waals surface area contributed by atoms with Gasteiger partial charge in [-0.15, -0.1) is 0 Å². The Morgan fingerprint density at radius 2 is 1.00 bits per heavy atom. The number of ether oxygens (including phenoxy) is 1. The van der Waals surface area contributed by atoms with Crippen molar-refractivity contribution < 1.29 is 14.9 Å². The fraction of sp³-hybridized carbons (Fsp3) is 0.143. The van der Waals surface area contributed by atoms with E-state index in [0.717, 1.165) is 22.6 Å². The smallest absolute Gasteiger partial charge is 0.127 e. The van der Waals surface area contributed by atoms with Gasteiger partial charge in [-0.1, -0.05) is 24.3 Å². The van der Waals surface area contributed by atoms with Crippen LogP contribution in [0.1, 0.15) is 11.1 Å². The topological polar surface area (TPSA) is 49.7 Å². The van der Waals surface area contributed by atoms with Gasteiger partial charge in [0.15, 0.2) is 0 Å². The van der Waals surface area contributed by atoms with Gasteiger partial charge in [-0.2, -0.15) is 0 Å². The van der Waals surface area contributed by atoms with Crippen LogP contribution in [0.25, 0.3) is 0 Å². The van der Waals surface area contributed by atoms with E-state index in [2.05, 4.69) is 0 Å². The van der Waals surface area contributed by atoms with E-state index in [4.69, 9.17) is 14.9 Å². The Hall–Kier alpha value is -1.84. The van der Waals surface area contributed by atoms with Gasteiger partial charge in [0.2, 0.25) is 0 Å². The van der Waals surface area contributed by atoms with Gasteiger partial charge in [0.25, 0.3) is 0 Å². The van der Waals surface area contributed by atoms with E-state index in [1.54, 1.807) is 0 Å². The Labute approximate surface area is 99.9 Å². The number of rotatable bonds is 4. The predicted molar refractivity (Wildman–Crippen MR) is 64.8 cm³/mol. The molecule has 0 bridgehead atoms. The minimum atomic E-state index is 0.0332. The van der Waals surface area contributed by atoms with E-state index in [0.29, 0.717) is 0 Å². The third-order valence-corrected chi connectivity index (χ3v) is 2.45. The average molecular weight is 230 g/mol. The maximum atomic E-state index is 8.91. The lowest BCUT2D eigenvalue weighted by atomic mass is 10.2. The molecule has 0 radical (unpaired) electrons. The zero-order valence-electron chi connectivity index (χ0n) is 9.34. The Balaban J connectivity index is 2.08. The summed E-state index contributed by atoms with van der Waals surface area (Å²) in [6, 6.07) is 14.5. The standard InChI is InChI=1S/C14H14O3/c15-9-11-1-5-13(6-2-11)17-14-7-3-12(10-16)4-8-14/h1-8,15-16H,9-10H2. The third-order valence-electron chi connectivity index (χ3n) is 2.45. The summed E-state index contributed by atoms with van der Waals surface area (Å²) >= 11 is 0. The second kappa shape index (κ2) is 5.48. The van der Waals surface area contributed by atoms with Crippen LogP contribution in [-0.2, 0) is 13.2 Å². The van der Waals surface area contributed by atoms with Gasteiger partial charge >= 0.3 is 0 Å². The van der Waals surface area contributed by atoms with Crippen LogP contribution in [0, 0.1) is 0 Å². The van der Waals surface area contributed by atoms with Crippen LogP contribution in [-0.4, -0.2) is 10.2 Å². The fourth-order valence-electron chi connectivity index (χ4n) is 1.46. The van der Waals surface area contributed by atoms with Crippen LogP contribution in [0.4, 0.5) is 0 Å². The highest BCUT2D eigenvalue weighted by Gasteiger charge is 1.98. The summed E-state index contributed by atoms with van der Waals surface area (Å²) in [5.74, 6) is 1.44. The summed E-state index contributed by atoms with van der Waals surface area (Å²) in [4.78, 5) is 0. The van der Waals surface area contributed by atoms with Crippen molar-refractivity contribution >= 4 is 0 Å². The number of aliphatic hydroxyl groups excluding tert-OH is 2. The maximum Gasteiger partial charge on any atom is 0.127 e. The van der Waals surface area contributed by atoms with Crippen LogP contribution in [0.5, 0.6) is 11.5 Å². The lowest BCUT2D eigenvalue weighted by Crippen LogP contribution is -1.87. The van der Waals surface area contributed by atoms with Crippen molar-refractivity contribution in [3.05, 3.63) is 59.7 Å².